The van der Waals surface area contributed by atoms with E-state index in [0.29, 0.717) is 0 Å². The number of hydrogen-bond donors (Lipinski definition) is 0. The van der Waals surface area contributed by atoms with Crippen molar-refractivity contribution in [1.82, 2.24) is 4.57 Å². The van der Waals surface area contributed by atoms with Crippen molar-refractivity contribution in [3.05, 3.63) is 95.7 Å². The first-order valence-corrected chi connectivity index (χ1v) is 9.83. The summed E-state index contributed by atoms with van der Waals surface area (Å²) >= 11 is 0. The number of para-hydroxylation sites is 1. The zero-order chi connectivity index (χ0) is 18.8. The monoisotopic (exact) mass is 361 g/mol. The minimum atomic E-state index is 1.03. The third-order valence-corrected chi connectivity index (χ3v) is 6.26. The second-order valence-electron chi connectivity index (χ2n) is 7.78. The van der Waals surface area contributed by atoms with Gasteiger partial charge in [0.1, 0.15) is 12.6 Å². The molecule has 0 amide bonds. The van der Waals surface area contributed by atoms with Gasteiger partial charge in [-0.2, -0.15) is 4.57 Å². The summed E-state index contributed by atoms with van der Waals surface area (Å²) in [6.07, 6.45) is 3.18. The number of hydrogen-bond acceptors (Lipinski definition) is 0. The van der Waals surface area contributed by atoms with Gasteiger partial charge in [0, 0.05) is 11.8 Å². The van der Waals surface area contributed by atoms with E-state index in [1.165, 1.54) is 55.4 Å². The minimum Gasteiger partial charge on any atom is -0.304 e. The lowest BCUT2D eigenvalue weighted by Gasteiger charge is -2.10. The van der Waals surface area contributed by atoms with E-state index in [4.69, 9.17) is 0 Å². The van der Waals surface area contributed by atoms with Crippen LogP contribution in [0, 0.1) is 6.92 Å². The molecule has 0 saturated carbocycles. The summed E-state index contributed by atoms with van der Waals surface area (Å²) in [4.78, 5) is 0. The molecule has 2 heterocycles. The summed E-state index contributed by atoms with van der Waals surface area (Å²) in [5, 5.41) is 1.37. The number of rotatable bonds is 1. The molecule has 134 valence electrons. The molecule has 0 radical (unpaired) electrons. The Bertz CT molecular complexity index is 1390. The topological polar surface area (TPSA) is 8.81 Å². The van der Waals surface area contributed by atoms with E-state index < -0.39 is 0 Å². The van der Waals surface area contributed by atoms with Crippen molar-refractivity contribution in [3.63, 3.8) is 0 Å². The Morgan fingerprint density at radius 3 is 2.46 bits per heavy atom. The maximum Gasteiger partial charge on any atom is 0.238 e. The molecular weight excluding hydrogens is 340 g/mol. The van der Waals surface area contributed by atoms with Crippen molar-refractivity contribution in [3.8, 4) is 16.8 Å². The zero-order valence-electron chi connectivity index (χ0n) is 16.1. The highest BCUT2D eigenvalue weighted by Crippen LogP contribution is 2.43. The molecule has 0 unspecified atom stereocenters. The van der Waals surface area contributed by atoms with Gasteiger partial charge in [0.15, 0.2) is 6.20 Å². The van der Waals surface area contributed by atoms with Gasteiger partial charge in [-0.15, -0.1) is 0 Å². The fourth-order valence-electron chi connectivity index (χ4n) is 4.98. The summed E-state index contributed by atoms with van der Waals surface area (Å²) in [6.45, 7) is 2.30. The molecule has 0 N–H and O–H groups in total. The Morgan fingerprint density at radius 2 is 1.61 bits per heavy atom. The molecule has 1 aliphatic rings. The van der Waals surface area contributed by atoms with Crippen LogP contribution < -0.4 is 4.57 Å². The average Bonchev–Trinajstić information content (AvgIpc) is 3.26. The highest BCUT2D eigenvalue weighted by molar-refractivity contribution is 6.09. The third kappa shape index (κ3) is 1.95. The van der Waals surface area contributed by atoms with E-state index in [1.807, 2.05) is 0 Å². The van der Waals surface area contributed by atoms with Gasteiger partial charge in [-0.3, -0.25) is 0 Å². The van der Waals surface area contributed by atoms with Crippen LogP contribution in [-0.4, -0.2) is 4.57 Å². The Morgan fingerprint density at radius 1 is 0.821 bits per heavy atom. The summed E-state index contributed by atoms with van der Waals surface area (Å²) in [6, 6.07) is 26.3. The van der Waals surface area contributed by atoms with Gasteiger partial charge >= 0.3 is 0 Å². The molecule has 2 nitrogen and oxygen atoms in total. The lowest BCUT2D eigenvalue weighted by atomic mass is 9.98. The average molecular weight is 361 g/mol. The molecule has 0 saturated heterocycles. The molecule has 0 spiro atoms. The van der Waals surface area contributed by atoms with E-state index in [-0.39, 0.29) is 0 Å². The fraction of sp³-hybridized carbons (Fsp3) is 0.115. The SMILES string of the molecule is Cc1c2c(cc3c1c1c(ccc[n+]1C)n3-c1ccccc1)-c1ccccc1C2. The van der Waals surface area contributed by atoms with Crippen LogP contribution in [0.15, 0.2) is 79.0 Å². The highest BCUT2D eigenvalue weighted by atomic mass is 15.0. The zero-order valence-corrected chi connectivity index (χ0v) is 16.1. The largest absolute Gasteiger partial charge is 0.304 e. The van der Waals surface area contributed by atoms with Gasteiger partial charge in [0.05, 0.1) is 10.9 Å². The second kappa shape index (κ2) is 5.56. The minimum absolute atomic E-state index is 1.03. The summed E-state index contributed by atoms with van der Waals surface area (Å²) in [5.74, 6) is 0. The molecule has 5 aromatic rings. The summed E-state index contributed by atoms with van der Waals surface area (Å²) in [5.41, 5.74) is 12.2. The van der Waals surface area contributed by atoms with E-state index in [9.17, 15) is 0 Å². The first-order chi connectivity index (χ1) is 13.7. The van der Waals surface area contributed by atoms with Crippen LogP contribution in [0.2, 0.25) is 0 Å². The standard InChI is InChI=1S/C26H21N2/c1-17-21-15-18-9-6-7-12-20(18)22(21)16-24-25(17)26-23(13-8-14-27(26)2)28(24)19-10-4-3-5-11-19/h3-14,16H,15H2,1-2H3/q+1. The number of aromatic nitrogens is 2. The Kier molecular flexibility index (Phi) is 3.10. The number of benzene rings is 3. The first kappa shape index (κ1) is 15.6. The van der Waals surface area contributed by atoms with Crippen LogP contribution >= 0.6 is 0 Å². The predicted octanol–water partition coefficient (Wildman–Crippen LogP) is 5.49. The maximum atomic E-state index is 2.42. The molecule has 0 aliphatic heterocycles. The highest BCUT2D eigenvalue weighted by Gasteiger charge is 2.27. The third-order valence-electron chi connectivity index (χ3n) is 6.26. The molecule has 2 heteroatoms. The number of pyridine rings is 1. The van der Waals surface area contributed by atoms with Crippen LogP contribution in [0.1, 0.15) is 16.7 Å². The van der Waals surface area contributed by atoms with Crippen LogP contribution in [0.5, 0.6) is 0 Å². The number of aryl methyl sites for hydroxylation is 2. The van der Waals surface area contributed by atoms with E-state index in [2.05, 4.69) is 102 Å². The van der Waals surface area contributed by atoms with Gasteiger partial charge in [0.25, 0.3) is 0 Å². The molecule has 2 aromatic heterocycles. The molecular formula is C26H21N2+. The molecule has 1 aliphatic carbocycles. The van der Waals surface area contributed by atoms with E-state index in [1.54, 1.807) is 0 Å². The molecule has 6 rings (SSSR count). The van der Waals surface area contributed by atoms with Gasteiger partial charge < -0.3 is 4.57 Å². The molecule has 28 heavy (non-hydrogen) atoms. The maximum absolute atomic E-state index is 2.42. The molecule has 0 atom stereocenters. The van der Waals surface area contributed by atoms with Gasteiger partial charge in [-0.25, -0.2) is 0 Å². The first-order valence-electron chi connectivity index (χ1n) is 9.83. The van der Waals surface area contributed by atoms with Crippen LogP contribution in [0.3, 0.4) is 0 Å². The second-order valence-corrected chi connectivity index (χ2v) is 7.78. The van der Waals surface area contributed by atoms with Crippen molar-refractivity contribution >= 4 is 21.9 Å². The smallest absolute Gasteiger partial charge is 0.238 e. The van der Waals surface area contributed by atoms with Crippen molar-refractivity contribution < 1.29 is 4.57 Å². The van der Waals surface area contributed by atoms with Gasteiger partial charge in [-0.05, 0) is 65.4 Å². The van der Waals surface area contributed by atoms with Crippen LogP contribution in [-0.2, 0) is 13.5 Å². The Hall–Kier alpha value is -3.39. The molecule has 3 aromatic carbocycles. The summed E-state index contributed by atoms with van der Waals surface area (Å²) < 4.78 is 4.68. The van der Waals surface area contributed by atoms with E-state index in [0.717, 1.165) is 6.42 Å². The van der Waals surface area contributed by atoms with Gasteiger partial charge in [-0.1, -0.05) is 42.5 Å². The Labute approximate surface area is 164 Å². The van der Waals surface area contributed by atoms with Crippen LogP contribution in [0.4, 0.5) is 0 Å². The summed E-state index contributed by atoms with van der Waals surface area (Å²) in [7, 11) is 2.15. The van der Waals surface area contributed by atoms with Gasteiger partial charge in [0.2, 0.25) is 5.52 Å². The molecule has 0 fully saturated rings. The van der Waals surface area contributed by atoms with Crippen molar-refractivity contribution in [2.45, 2.75) is 13.3 Å². The number of fused-ring (bicyclic) bond motifs is 6. The van der Waals surface area contributed by atoms with Crippen molar-refractivity contribution in [2.24, 2.45) is 7.05 Å². The fourth-order valence-corrected chi connectivity index (χ4v) is 4.98. The lowest BCUT2D eigenvalue weighted by Crippen LogP contribution is -2.27. The van der Waals surface area contributed by atoms with Crippen molar-refractivity contribution in [2.75, 3.05) is 0 Å². The number of nitrogens with zero attached hydrogens (tertiary/aromatic N) is 2. The predicted molar refractivity (Wildman–Crippen MR) is 115 cm³/mol. The normalized spacial score (nSPS) is 12.5. The Balaban J connectivity index is 1.83. The lowest BCUT2D eigenvalue weighted by molar-refractivity contribution is -0.644. The molecule has 0 bridgehead atoms. The van der Waals surface area contributed by atoms with Crippen LogP contribution in [0.25, 0.3) is 38.8 Å². The quantitative estimate of drug-likeness (QED) is 0.343. The van der Waals surface area contributed by atoms with Crippen molar-refractivity contribution in [1.29, 1.82) is 0 Å². The van der Waals surface area contributed by atoms with E-state index >= 15 is 0 Å².